The Bertz CT molecular complexity index is 1160. The van der Waals surface area contributed by atoms with E-state index in [0.717, 1.165) is 50.6 Å². The average Bonchev–Trinajstić information content (AvgIpc) is 3.24. The maximum atomic E-state index is 14.6. The van der Waals surface area contributed by atoms with E-state index in [2.05, 4.69) is 30.6 Å². The van der Waals surface area contributed by atoms with Crippen LogP contribution in [-0.2, 0) is 4.79 Å². The number of aromatic amines is 1. The molecule has 5 rings (SSSR count). The first-order valence-electron chi connectivity index (χ1n) is 11.4. The summed E-state index contributed by atoms with van der Waals surface area (Å²) >= 11 is 6.10. The Balaban J connectivity index is 1.28. The Morgan fingerprint density at radius 2 is 2.00 bits per heavy atom. The van der Waals surface area contributed by atoms with E-state index in [4.69, 9.17) is 17.3 Å². The minimum absolute atomic E-state index is 0.0539. The molecule has 3 aromatic heterocycles. The van der Waals surface area contributed by atoms with Gasteiger partial charge in [0.15, 0.2) is 17.5 Å². The molecule has 0 aromatic carbocycles. The highest BCUT2D eigenvalue weighted by molar-refractivity contribution is 6.31. The van der Waals surface area contributed by atoms with Gasteiger partial charge >= 0.3 is 0 Å². The van der Waals surface area contributed by atoms with E-state index in [1.54, 1.807) is 18.5 Å². The predicted molar refractivity (Wildman–Crippen MR) is 125 cm³/mol. The van der Waals surface area contributed by atoms with Gasteiger partial charge in [0, 0.05) is 35.3 Å². The van der Waals surface area contributed by atoms with E-state index in [1.165, 1.54) is 6.20 Å². The van der Waals surface area contributed by atoms with Crippen LogP contribution in [0.4, 0.5) is 10.2 Å². The summed E-state index contributed by atoms with van der Waals surface area (Å²) in [4.78, 5) is 27.9. The molecule has 33 heavy (non-hydrogen) atoms. The van der Waals surface area contributed by atoms with Gasteiger partial charge < -0.3 is 21.4 Å². The van der Waals surface area contributed by atoms with E-state index in [0.29, 0.717) is 28.0 Å². The van der Waals surface area contributed by atoms with Crippen molar-refractivity contribution in [2.24, 2.45) is 23.5 Å². The summed E-state index contributed by atoms with van der Waals surface area (Å²) in [7, 11) is 0. The number of hydrogen-bond donors (Lipinski definition) is 4. The topological polar surface area (TPSA) is 122 Å². The van der Waals surface area contributed by atoms with Crippen LogP contribution in [0.15, 0.2) is 24.7 Å². The maximum absolute atomic E-state index is 14.6. The van der Waals surface area contributed by atoms with Crippen LogP contribution >= 0.6 is 11.6 Å². The number of anilines is 1. The lowest BCUT2D eigenvalue weighted by molar-refractivity contribution is -0.125. The van der Waals surface area contributed by atoms with Crippen LogP contribution in [0.5, 0.6) is 0 Å². The lowest BCUT2D eigenvalue weighted by Crippen LogP contribution is -2.47. The number of piperidine rings is 1. The van der Waals surface area contributed by atoms with E-state index >= 15 is 0 Å². The molecule has 0 spiro atoms. The molecule has 1 aliphatic carbocycles. The zero-order chi connectivity index (χ0) is 22.9. The molecule has 3 aromatic rings. The predicted octanol–water partition coefficient (Wildman–Crippen LogP) is 3.49. The van der Waals surface area contributed by atoms with Gasteiger partial charge in [0.05, 0.1) is 11.2 Å². The second-order valence-corrected chi connectivity index (χ2v) is 9.50. The van der Waals surface area contributed by atoms with Crippen LogP contribution < -0.4 is 16.4 Å². The largest absolute Gasteiger partial charge is 0.369 e. The number of carbonyl (C=O) groups is 1. The lowest BCUT2D eigenvalue weighted by Gasteiger charge is -2.39. The van der Waals surface area contributed by atoms with Crippen molar-refractivity contribution in [1.82, 2.24) is 25.3 Å². The Labute approximate surface area is 195 Å². The molecule has 10 heteroatoms. The molecule has 174 valence electrons. The second-order valence-electron chi connectivity index (χ2n) is 9.06. The molecule has 2 aliphatic rings. The number of pyridine rings is 1. The maximum Gasteiger partial charge on any atom is 0.220 e. The smallest absolute Gasteiger partial charge is 0.220 e. The Hall–Kier alpha value is -2.78. The van der Waals surface area contributed by atoms with E-state index in [-0.39, 0.29) is 29.6 Å². The summed E-state index contributed by atoms with van der Waals surface area (Å²) in [6.07, 6.45) is 9.04. The Morgan fingerprint density at radius 1 is 1.18 bits per heavy atom. The summed E-state index contributed by atoms with van der Waals surface area (Å²) in [5.74, 6) is 0.599. The molecule has 5 N–H and O–H groups in total. The minimum atomic E-state index is -0.484. The van der Waals surface area contributed by atoms with Gasteiger partial charge in [-0.05, 0) is 63.1 Å². The number of fused-ring (bicyclic) bond motifs is 1. The Morgan fingerprint density at radius 3 is 2.79 bits per heavy atom. The molecule has 2 unspecified atom stereocenters. The monoisotopic (exact) mass is 471 g/mol. The zero-order valence-corrected chi connectivity index (χ0v) is 18.9. The van der Waals surface area contributed by atoms with Gasteiger partial charge in [-0.2, -0.15) is 0 Å². The van der Waals surface area contributed by atoms with Crippen molar-refractivity contribution in [3.8, 4) is 11.4 Å². The first-order valence-corrected chi connectivity index (χ1v) is 11.8. The SMILES string of the molecule is NC(=O)C1CCNCC1C1CCC(Nc2nc(-c3c[nH]c4ncc(Cl)cc34)ncc2F)CC1. The molecule has 0 radical (unpaired) electrons. The van der Waals surface area contributed by atoms with Crippen molar-refractivity contribution in [2.45, 2.75) is 38.1 Å². The van der Waals surface area contributed by atoms with Crippen molar-refractivity contribution in [3.05, 3.63) is 35.5 Å². The fourth-order valence-electron chi connectivity index (χ4n) is 5.38. The second kappa shape index (κ2) is 9.23. The van der Waals surface area contributed by atoms with E-state index in [9.17, 15) is 9.18 Å². The molecule has 4 heterocycles. The van der Waals surface area contributed by atoms with Gasteiger partial charge in [0.1, 0.15) is 5.65 Å². The van der Waals surface area contributed by atoms with Gasteiger partial charge in [0.25, 0.3) is 0 Å². The molecule has 0 bridgehead atoms. The van der Waals surface area contributed by atoms with E-state index in [1.807, 2.05) is 0 Å². The molecule has 1 saturated carbocycles. The molecule has 1 aliphatic heterocycles. The number of H-pyrrole nitrogens is 1. The summed E-state index contributed by atoms with van der Waals surface area (Å²) in [5, 5.41) is 7.98. The van der Waals surface area contributed by atoms with Crippen LogP contribution in [0.3, 0.4) is 0 Å². The number of hydrogen-bond acceptors (Lipinski definition) is 6. The number of amides is 1. The molecular weight excluding hydrogens is 445 g/mol. The number of nitrogens with one attached hydrogen (secondary N) is 3. The average molecular weight is 472 g/mol. The van der Waals surface area contributed by atoms with Crippen LogP contribution in [0.1, 0.15) is 32.1 Å². The van der Waals surface area contributed by atoms with Gasteiger partial charge in [0.2, 0.25) is 5.91 Å². The molecule has 8 nitrogen and oxygen atoms in total. The molecule has 2 fully saturated rings. The fourth-order valence-corrected chi connectivity index (χ4v) is 5.54. The number of rotatable bonds is 5. The quantitative estimate of drug-likeness (QED) is 0.452. The molecule has 2 atom stereocenters. The van der Waals surface area contributed by atoms with Gasteiger partial charge in [-0.25, -0.2) is 19.3 Å². The Kier molecular flexibility index (Phi) is 6.16. The number of halogens is 2. The number of aromatic nitrogens is 4. The summed E-state index contributed by atoms with van der Waals surface area (Å²) in [6.45, 7) is 1.68. The third-order valence-electron chi connectivity index (χ3n) is 7.10. The van der Waals surface area contributed by atoms with Crippen molar-refractivity contribution in [2.75, 3.05) is 18.4 Å². The minimum Gasteiger partial charge on any atom is -0.369 e. The third kappa shape index (κ3) is 4.52. The number of nitrogens with zero attached hydrogens (tertiary/aromatic N) is 3. The number of nitrogens with two attached hydrogens (primary N) is 1. The van der Waals surface area contributed by atoms with Crippen molar-refractivity contribution in [1.29, 1.82) is 0 Å². The number of primary amides is 1. The molecular formula is C23H27ClFN7O. The van der Waals surface area contributed by atoms with Crippen LogP contribution in [0.2, 0.25) is 5.02 Å². The molecule has 1 amide bonds. The first kappa shape index (κ1) is 22.0. The third-order valence-corrected chi connectivity index (χ3v) is 7.30. The number of carbonyl (C=O) groups excluding carboxylic acids is 1. The fraction of sp³-hybridized carbons (Fsp3) is 0.478. The zero-order valence-electron chi connectivity index (χ0n) is 18.2. The van der Waals surface area contributed by atoms with E-state index < -0.39 is 5.82 Å². The van der Waals surface area contributed by atoms with Gasteiger partial charge in [-0.3, -0.25) is 4.79 Å². The normalized spacial score (nSPS) is 25.8. The van der Waals surface area contributed by atoms with Crippen molar-refractivity contribution >= 4 is 34.4 Å². The van der Waals surface area contributed by atoms with Crippen molar-refractivity contribution < 1.29 is 9.18 Å². The summed E-state index contributed by atoms with van der Waals surface area (Å²) in [5.41, 5.74) is 7.04. The first-order chi connectivity index (χ1) is 16.0. The standard InChI is InChI=1S/C23H27ClFN7O/c24-13-7-16-18(10-29-21(16)28-8-13)22-30-11-19(25)23(32-22)31-14-3-1-12(2-4-14)17-9-27-6-5-15(17)20(26)33/h7-8,10-12,14-15,17,27H,1-6,9H2,(H2,26,33)(H,28,29)(H,30,31,32). The van der Waals surface area contributed by atoms with Crippen LogP contribution in [0.25, 0.3) is 22.4 Å². The van der Waals surface area contributed by atoms with Gasteiger partial charge in [-0.15, -0.1) is 0 Å². The van der Waals surface area contributed by atoms with Crippen LogP contribution in [-0.4, -0.2) is 45.0 Å². The van der Waals surface area contributed by atoms with Gasteiger partial charge in [-0.1, -0.05) is 11.6 Å². The summed E-state index contributed by atoms with van der Waals surface area (Å²) < 4.78 is 14.6. The van der Waals surface area contributed by atoms with Crippen molar-refractivity contribution in [3.63, 3.8) is 0 Å². The highest BCUT2D eigenvalue weighted by Gasteiger charge is 2.37. The summed E-state index contributed by atoms with van der Waals surface area (Å²) in [6, 6.07) is 1.90. The highest BCUT2D eigenvalue weighted by atomic mass is 35.5. The highest BCUT2D eigenvalue weighted by Crippen LogP contribution is 2.37. The lowest BCUT2D eigenvalue weighted by atomic mass is 9.70. The van der Waals surface area contributed by atoms with Crippen LogP contribution in [0, 0.1) is 23.6 Å². The molecule has 1 saturated heterocycles.